The molecule has 1 aliphatic rings. The first-order valence-corrected chi connectivity index (χ1v) is 7.30. The summed E-state index contributed by atoms with van der Waals surface area (Å²) in [6, 6.07) is 3.50. The van der Waals surface area contributed by atoms with Gasteiger partial charge in [-0.3, -0.25) is 0 Å². The van der Waals surface area contributed by atoms with Gasteiger partial charge in [-0.1, -0.05) is 25.7 Å². The Morgan fingerprint density at radius 3 is 2.05 bits per heavy atom. The molecule has 2 rings (SSSR count). The van der Waals surface area contributed by atoms with Crippen molar-refractivity contribution in [3.8, 4) is 0 Å². The Kier molecular flexibility index (Phi) is 5.11. The van der Waals surface area contributed by atoms with Gasteiger partial charge in [-0.25, -0.2) is 8.78 Å². The average molecular weight is 283 g/mol. The van der Waals surface area contributed by atoms with Crippen LogP contribution >= 0.6 is 0 Å². The summed E-state index contributed by atoms with van der Waals surface area (Å²) in [5.74, 6) is -1.08. The first kappa shape index (κ1) is 15.4. The first-order chi connectivity index (χ1) is 9.61. The van der Waals surface area contributed by atoms with Crippen LogP contribution in [0.1, 0.15) is 50.1 Å². The fraction of sp³-hybridized carbons (Fsp3) is 0.625. The van der Waals surface area contributed by atoms with Gasteiger partial charge in [0, 0.05) is 13.2 Å². The van der Waals surface area contributed by atoms with Crippen molar-refractivity contribution in [2.75, 3.05) is 14.2 Å². The third-order valence-electron chi connectivity index (χ3n) is 4.39. The largest absolute Gasteiger partial charge is 0.376 e. The number of hydrogen-bond acceptors (Lipinski definition) is 2. The van der Waals surface area contributed by atoms with E-state index in [2.05, 4.69) is 5.32 Å². The van der Waals surface area contributed by atoms with Crippen LogP contribution in [0, 0.1) is 11.6 Å². The molecule has 0 radical (unpaired) electrons. The normalized spacial score (nSPS) is 20.4. The molecule has 4 heteroatoms. The first-order valence-electron chi connectivity index (χ1n) is 7.30. The Balaban J connectivity index is 2.37. The minimum atomic E-state index is -0.542. The lowest BCUT2D eigenvalue weighted by Gasteiger charge is -2.39. The molecule has 1 aromatic carbocycles. The van der Waals surface area contributed by atoms with Crippen LogP contribution < -0.4 is 5.32 Å². The molecule has 0 aliphatic heterocycles. The lowest BCUT2D eigenvalue weighted by molar-refractivity contribution is -0.0523. The van der Waals surface area contributed by atoms with Gasteiger partial charge in [-0.05, 0) is 37.6 Å². The lowest BCUT2D eigenvalue weighted by Crippen LogP contribution is -2.44. The second kappa shape index (κ2) is 6.64. The Labute approximate surface area is 119 Å². The van der Waals surface area contributed by atoms with E-state index < -0.39 is 11.6 Å². The molecule has 112 valence electrons. The van der Waals surface area contributed by atoms with E-state index in [1.165, 1.54) is 25.0 Å². The number of halogens is 2. The van der Waals surface area contributed by atoms with E-state index in [1.54, 1.807) is 7.11 Å². The van der Waals surface area contributed by atoms with Crippen molar-refractivity contribution in [1.82, 2.24) is 5.32 Å². The molecule has 1 fully saturated rings. The number of rotatable bonds is 4. The van der Waals surface area contributed by atoms with Crippen molar-refractivity contribution >= 4 is 0 Å². The highest BCUT2D eigenvalue weighted by Gasteiger charge is 2.39. The minimum absolute atomic E-state index is 0.198. The van der Waals surface area contributed by atoms with Crippen molar-refractivity contribution in [1.29, 1.82) is 0 Å². The van der Waals surface area contributed by atoms with E-state index in [0.717, 1.165) is 31.7 Å². The summed E-state index contributed by atoms with van der Waals surface area (Å²) in [6.07, 6.45) is 6.38. The van der Waals surface area contributed by atoms with Crippen molar-refractivity contribution in [3.63, 3.8) is 0 Å². The molecule has 1 N–H and O–H groups in total. The lowest BCUT2D eigenvalue weighted by atomic mass is 9.82. The number of nitrogens with one attached hydrogen (secondary N) is 1. The van der Waals surface area contributed by atoms with E-state index in [9.17, 15) is 8.78 Å². The topological polar surface area (TPSA) is 21.3 Å². The fourth-order valence-corrected chi connectivity index (χ4v) is 3.41. The van der Waals surface area contributed by atoms with Crippen LogP contribution in [0.2, 0.25) is 0 Å². The SMILES string of the molecule is CNC(c1cc(F)cc(F)c1)C1(OC)CCCCCC1. The van der Waals surface area contributed by atoms with E-state index >= 15 is 0 Å². The Morgan fingerprint density at radius 2 is 1.60 bits per heavy atom. The summed E-state index contributed by atoms with van der Waals surface area (Å²) in [5, 5.41) is 3.20. The van der Waals surface area contributed by atoms with Gasteiger partial charge in [0.15, 0.2) is 0 Å². The predicted octanol–water partition coefficient (Wildman–Crippen LogP) is 3.96. The maximum Gasteiger partial charge on any atom is 0.126 e. The molecular formula is C16H23F2NO. The van der Waals surface area contributed by atoms with Crippen molar-refractivity contribution in [2.45, 2.75) is 50.2 Å². The molecule has 0 heterocycles. The van der Waals surface area contributed by atoms with Crippen molar-refractivity contribution in [3.05, 3.63) is 35.4 Å². The monoisotopic (exact) mass is 283 g/mol. The second-order valence-electron chi connectivity index (χ2n) is 5.61. The highest BCUT2D eigenvalue weighted by Crippen LogP contribution is 2.40. The third-order valence-corrected chi connectivity index (χ3v) is 4.39. The zero-order chi connectivity index (χ0) is 14.6. The molecule has 1 saturated carbocycles. The molecule has 1 atom stereocenters. The van der Waals surface area contributed by atoms with Crippen LogP contribution in [0.3, 0.4) is 0 Å². The maximum atomic E-state index is 13.5. The van der Waals surface area contributed by atoms with Gasteiger partial charge in [-0.15, -0.1) is 0 Å². The van der Waals surface area contributed by atoms with Gasteiger partial charge in [-0.2, -0.15) is 0 Å². The van der Waals surface area contributed by atoms with Crippen LogP contribution in [0.15, 0.2) is 18.2 Å². The second-order valence-corrected chi connectivity index (χ2v) is 5.61. The van der Waals surface area contributed by atoms with Crippen LogP contribution in [-0.2, 0) is 4.74 Å². The number of hydrogen-bond donors (Lipinski definition) is 1. The van der Waals surface area contributed by atoms with Crippen LogP contribution in [0.4, 0.5) is 8.78 Å². The molecule has 1 aromatic rings. The molecule has 1 aliphatic carbocycles. The number of ether oxygens (including phenoxy) is 1. The number of likely N-dealkylation sites (N-methyl/N-ethyl adjacent to an activating group) is 1. The van der Waals surface area contributed by atoms with E-state index in [1.807, 2.05) is 7.05 Å². The molecule has 0 saturated heterocycles. The predicted molar refractivity (Wildman–Crippen MR) is 75.6 cm³/mol. The number of benzene rings is 1. The molecular weight excluding hydrogens is 260 g/mol. The molecule has 20 heavy (non-hydrogen) atoms. The zero-order valence-corrected chi connectivity index (χ0v) is 12.2. The minimum Gasteiger partial charge on any atom is -0.376 e. The van der Waals surface area contributed by atoms with Gasteiger partial charge >= 0.3 is 0 Å². The average Bonchev–Trinajstić information content (AvgIpc) is 2.65. The smallest absolute Gasteiger partial charge is 0.126 e. The highest BCUT2D eigenvalue weighted by molar-refractivity contribution is 5.24. The maximum absolute atomic E-state index is 13.5. The van der Waals surface area contributed by atoms with Gasteiger partial charge in [0.1, 0.15) is 11.6 Å². The Bertz CT molecular complexity index is 422. The van der Waals surface area contributed by atoms with Crippen LogP contribution in [-0.4, -0.2) is 19.8 Å². The van der Waals surface area contributed by atoms with E-state index in [-0.39, 0.29) is 11.6 Å². The van der Waals surface area contributed by atoms with Gasteiger partial charge in [0.2, 0.25) is 0 Å². The quantitative estimate of drug-likeness (QED) is 0.844. The third kappa shape index (κ3) is 3.18. The summed E-state index contributed by atoms with van der Waals surface area (Å²) in [5.41, 5.74) is 0.236. The summed E-state index contributed by atoms with van der Waals surface area (Å²) in [4.78, 5) is 0. The molecule has 2 nitrogen and oxygen atoms in total. The summed E-state index contributed by atoms with van der Waals surface area (Å²) in [7, 11) is 3.52. The van der Waals surface area contributed by atoms with E-state index in [4.69, 9.17) is 4.74 Å². The van der Waals surface area contributed by atoms with Gasteiger partial charge in [0.05, 0.1) is 11.6 Å². The molecule has 0 aromatic heterocycles. The summed E-state index contributed by atoms with van der Waals surface area (Å²) in [6.45, 7) is 0. The molecule has 0 spiro atoms. The van der Waals surface area contributed by atoms with Crippen molar-refractivity contribution < 1.29 is 13.5 Å². The van der Waals surface area contributed by atoms with Gasteiger partial charge in [0.25, 0.3) is 0 Å². The van der Waals surface area contributed by atoms with Crippen LogP contribution in [0.25, 0.3) is 0 Å². The van der Waals surface area contributed by atoms with Crippen molar-refractivity contribution in [2.24, 2.45) is 0 Å². The Morgan fingerprint density at radius 1 is 1.05 bits per heavy atom. The Hall–Kier alpha value is -1.00. The zero-order valence-electron chi connectivity index (χ0n) is 12.2. The van der Waals surface area contributed by atoms with E-state index in [0.29, 0.717) is 5.56 Å². The summed E-state index contributed by atoms with van der Waals surface area (Å²) >= 11 is 0. The fourth-order valence-electron chi connectivity index (χ4n) is 3.41. The molecule has 1 unspecified atom stereocenters. The number of methoxy groups -OCH3 is 1. The highest BCUT2D eigenvalue weighted by atomic mass is 19.1. The summed E-state index contributed by atoms with van der Waals surface area (Å²) < 4.78 is 32.8. The standard InChI is InChI=1S/C16H23F2NO/c1-19-15(12-9-13(17)11-14(18)10-12)16(20-2)7-5-3-4-6-8-16/h9-11,15,19H,3-8H2,1-2H3. The molecule has 0 amide bonds. The van der Waals surface area contributed by atoms with Gasteiger partial charge < -0.3 is 10.1 Å². The molecule has 0 bridgehead atoms. The van der Waals surface area contributed by atoms with Crippen LogP contribution in [0.5, 0.6) is 0 Å².